The molecule has 1 heterocycles. The first-order valence-corrected chi connectivity index (χ1v) is 28.0. The van der Waals surface area contributed by atoms with Gasteiger partial charge in [-0.2, -0.15) is 0 Å². The largest absolute Gasteiger partial charge is 0.440 e. The third kappa shape index (κ3) is 18.5. The molecule has 3 rings (SSSR count). The fourth-order valence-corrected chi connectivity index (χ4v) is 10.4. The van der Waals surface area contributed by atoms with Crippen molar-refractivity contribution in [1.82, 2.24) is 36.0 Å². The number of methoxy groups -OCH3 is 2. The van der Waals surface area contributed by atoms with Gasteiger partial charge in [-0.3, -0.25) is 38.5 Å². The number of rotatable bonds is 29. The van der Waals surface area contributed by atoms with E-state index in [2.05, 4.69) is 32.5 Å². The molecule has 0 bridgehead atoms. The molecule has 0 aromatic heterocycles. The summed E-state index contributed by atoms with van der Waals surface area (Å²) in [6.07, 6.45) is 3.39. The Hall–Kier alpha value is -6.56. The van der Waals surface area contributed by atoms with E-state index in [0.29, 0.717) is 42.6 Å². The van der Waals surface area contributed by atoms with Gasteiger partial charge in [-0.25, -0.2) is 4.79 Å². The van der Waals surface area contributed by atoms with E-state index in [1.807, 2.05) is 32.0 Å². The number of benzene rings is 2. The van der Waals surface area contributed by atoms with Crippen molar-refractivity contribution in [3.63, 3.8) is 0 Å². The topological polar surface area (TPSA) is 254 Å². The molecule has 20 heteroatoms. The van der Waals surface area contributed by atoms with E-state index >= 15 is 0 Å². The Morgan fingerprint density at radius 1 is 0.738 bits per heavy atom. The molecule has 1 aliphatic heterocycles. The number of aliphatic hydroxyl groups excluding tert-OH is 1. The molecule has 80 heavy (non-hydrogen) atoms. The van der Waals surface area contributed by atoms with E-state index < -0.39 is 114 Å². The number of aliphatic hydroxyl groups is 1. The van der Waals surface area contributed by atoms with Crippen LogP contribution in [0.2, 0.25) is 0 Å². The van der Waals surface area contributed by atoms with Gasteiger partial charge in [0, 0.05) is 47.5 Å². The van der Waals surface area contributed by atoms with E-state index in [9.17, 15) is 43.5 Å². The summed E-state index contributed by atoms with van der Waals surface area (Å²) >= 11 is 0. The molecular formula is C60H92N8O12. The van der Waals surface area contributed by atoms with Crippen molar-refractivity contribution in [1.29, 1.82) is 0 Å². The summed E-state index contributed by atoms with van der Waals surface area (Å²) in [5.74, 6) is -2.33. The van der Waals surface area contributed by atoms with E-state index in [1.165, 1.54) is 40.0 Å². The third-order valence-electron chi connectivity index (χ3n) is 15.2. The van der Waals surface area contributed by atoms with Crippen molar-refractivity contribution in [3.8, 4) is 12.3 Å². The van der Waals surface area contributed by atoms with Crippen LogP contribution in [0.4, 0.5) is 10.5 Å². The number of anilines is 1. The van der Waals surface area contributed by atoms with Crippen molar-refractivity contribution >= 4 is 53.1 Å². The van der Waals surface area contributed by atoms with E-state index in [-0.39, 0.29) is 42.4 Å². The minimum absolute atomic E-state index is 0.0220. The summed E-state index contributed by atoms with van der Waals surface area (Å²) in [5, 5.41) is 24.8. The molecule has 6 N–H and O–H groups in total. The van der Waals surface area contributed by atoms with Gasteiger partial charge in [-0.15, -0.1) is 12.3 Å². The number of carbonyl (C=O) groups is 8. The number of likely N-dealkylation sites (tertiary alicyclic amines) is 1. The number of nitrogens with one attached hydrogen (secondary N) is 5. The van der Waals surface area contributed by atoms with Gasteiger partial charge in [0.05, 0.1) is 55.2 Å². The zero-order chi connectivity index (χ0) is 60.3. The summed E-state index contributed by atoms with van der Waals surface area (Å²) in [6, 6.07) is 9.96. The minimum atomic E-state index is -1.10. The molecule has 0 radical (unpaired) electrons. The van der Waals surface area contributed by atoms with Gasteiger partial charge in [-0.05, 0) is 73.6 Å². The van der Waals surface area contributed by atoms with Gasteiger partial charge < -0.3 is 55.7 Å². The number of ether oxygens (including phenoxy) is 3. The van der Waals surface area contributed by atoms with Crippen molar-refractivity contribution < 1.29 is 57.7 Å². The van der Waals surface area contributed by atoms with Gasteiger partial charge in [0.15, 0.2) is 0 Å². The first kappa shape index (κ1) is 67.7. The Morgan fingerprint density at radius 2 is 1.35 bits per heavy atom. The molecule has 13 atom stereocenters. The monoisotopic (exact) mass is 1120 g/mol. The Bertz CT molecular complexity index is 2410. The smallest absolute Gasteiger partial charge is 0.410 e. The van der Waals surface area contributed by atoms with E-state index in [1.54, 1.807) is 109 Å². The maximum absolute atomic E-state index is 14.8. The third-order valence-corrected chi connectivity index (χ3v) is 15.2. The van der Waals surface area contributed by atoms with E-state index in [0.717, 1.165) is 0 Å². The van der Waals surface area contributed by atoms with Gasteiger partial charge in [-0.1, -0.05) is 111 Å². The van der Waals surface area contributed by atoms with Crippen LogP contribution >= 0.6 is 0 Å². The van der Waals surface area contributed by atoms with Gasteiger partial charge in [0.1, 0.15) is 30.3 Å². The first-order valence-electron chi connectivity index (χ1n) is 28.0. The molecule has 20 nitrogen and oxygen atoms in total. The highest BCUT2D eigenvalue weighted by atomic mass is 16.6. The Balaban J connectivity index is 1.75. The summed E-state index contributed by atoms with van der Waals surface area (Å²) in [7, 11) is 6.10. The minimum Gasteiger partial charge on any atom is -0.440 e. The van der Waals surface area contributed by atoms with Crippen LogP contribution in [0.1, 0.15) is 139 Å². The molecule has 0 saturated carbocycles. The normalized spacial score (nSPS) is 17.9. The number of hydrogen-bond acceptors (Lipinski definition) is 12. The van der Waals surface area contributed by atoms with Crippen LogP contribution < -0.4 is 26.6 Å². The van der Waals surface area contributed by atoms with Crippen LogP contribution in [-0.4, -0.2) is 157 Å². The lowest BCUT2D eigenvalue weighted by Gasteiger charge is -2.41. The van der Waals surface area contributed by atoms with Gasteiger partial charge in [0.2, 0.25) is 41.4 Å². The molecule has 8 amide bonds. The zero-order valence-corrected chi connectivity index (χ0v) is 50.0. The number of terminal acetylenes is 1. The standard InChI is InChI=1S/C60H92N8O12/c1-18-24-46(42-28-30-44(31-29-42)64-56(73)40(12)62-57(74)49(34(3)4)63-41(13)69)80-60(77)67(15)51(36(7)8)58(75)65-50(35(5)6)59(76)66(14)52(37(9)19-2)47(78-16)33-48(70)68-32-23-27-45(68)54(79-17)38(10)55(72)61-39(11)53(71)43-25-21-20-22-26-43/h1,20-22,25-26,28-31,34-40,45-47,49-54,71H,19,23-24,27,32-33H2,2-17H3,(H,61,72)(H,62,74)(H,63,69)(H,64,73)(H,65,75)/t37-,38-,39-,40-,45-,46?,47+,49-,50?,51-,52?,53-,54+/m0/s1. The van der Waals surface area contributed by atoms with Crippen molar-refractivity contribution in [2.75, 3.05) is 40.2 Å². The van der Waals surface area contributed by atoms with Crippen LogP contribution in [0.15, 0.2) is 54.6 Å². The Labute approximate surface area is 474 Å². The maximum atomic E-state index is 14.8. The van der Waals surface area contributed by atoms with Crippen LogP contribution in [0, 0.1) is 41.9 Å². The molecule has 3 unspecified atom stereocenters. The average Bonchev–Trinajstić information content (AvgIpc) is 3.90. The fraction of sp³-hybridized carbons (Fsp3) is 0.633. The summed E-state index contributed by atoms with van der Waals surface area (Å²) in [6.45, 7) is 21.4. The number of likely N-dealkylation sites (N-methyl/N-ethyl adjacent to an activating group) is 2. The summed E-state index contributed by atoms with van der Waals surface area (Å²) in [5.41, 5.74) is 1.57. The van der Waals surface area contributed by atoms with Crippen LogP contribution in [0.3, 0.4) is 0 Å². The summed E-state index contributed by atoms with van der Waals surface area (Å²) < 4.78 is 18.0. The number of nitrogens with zero attached hydrogens (tertiary/aromatic N) is 3. The molecule has 1 saturated heterocycles. The Morgan fingerprint density at radius 3 is 1.88 bits per heavy atom. The van der Waals surface area contributed by atoms with Crippen molar-refractivity contribution in [3.05, 3.63) is 65.7 Å². The molecule has 0 aliphatic carbocycles. The highest BCUT2D eigenvalue weighted by molar-refractivity contribution is 5.98. The predicted octanol–water partition coefficient (Wildman–Crippen LogP) is 5.75. The average molecular weight is 1120 g/mol. The van der Waals surface area contributed by atoms with E-state index in [4.69, 9.17) is 20.6 Å². The molecule has 1 aliphatic rings. The SMILES string of the molecule is C#CCC(OC(=O)N(C)[C@H](C(=O)NC(C(=O)N(C)C([C@@H](C)CC)[C@@H](CC(=O)N1CCC[C@H]1[C@H](OC)[C@H](C)C(=O)N[C@@H](C)[C@H](O)c1ccccc1)OC)C(C)C)C(C)C)c1ccc(NC(=O)[C@H](C)NC(=O)[C@@H](NC(C)=O)C(C)C)cc1. The highest BCUT2D eigenvalue weighted by Gasteiger charge is 2.44. The second-order valence-electron chi connectivity index (χ2n) is 22.3. The summed E-state index contributed by atoms with van der Waals surface area (Å²) in [4.78, 5) is 113. The highest BCUT2D eigenvalue weighted by Crippen LogP contribution is 2.31. The molecule has 0 spiro atoms. The maximum Gasteiger partial charge on any atom is 0.410 e. The van der Waals surface area contributed by atoms with Gasteiger partial charge in [0.25, 0.3) is 0 Å². The molecule has 2 aromatic carbocycles. The number of amides is 8. The lowest BCUT2D eigenvalue weighted by Crippen LogP contribution is -2.60. The van der Waals surface area contributed by atoms with Crippen molar-refractivity contribution in [2.45, 2.75) is 182 Å². The molecule has 444 valence electrons. The second-order valence-corrected chi connectivity index (χ2v) is 22.3. The number of carbonyl (C=O) groups excluding carboxylic acids is 8. The molecule has 2 aromatic rings. The van der Waals surface area contributed by atoms with Crippen molar-refractivity contribution in [2.24, 2.45) is 29.6 Å². The number of hydrogen-bond donors (Lipinski definition) is 6. The lowest BCUT2D eigenvalue weighted by atomic mass is 9.89. The molecule has 1 fully saturated rings. The first-order chi connectivity index (χ1) is 37.6. The van der Waals surface area contributed by atoms with Gasteiger partial charge >= 0.3 is 6.09 Å². The van der Waals surface area contributed by atoms with Crippen LogP contribution in [-0.2, 0) is 47.8 Å². The lowest BCUT2D eigenvalue weighted by molar-refractivity contribution is -0.148. The fourth-order valence-electron chi connectivity index (χ4n) is 10.4. The predicted molar refractivity (Wildman–Crippen MR) is 306 cm³/mol. The Kier molecular flexibility index (Phi) is 27.1. The van der Waals surface area contributed by atoms with Crippen LogP contribution in [0.25, 0.3) is 0 Å². The quantitative estimate of drug-likeness (QED) is 0.0533. The van der Waals surface area contributed by atoms with Crippen LogP contribution in [0.5, 0.6) is 0 Å². The molecular weight excluding hydrogens is 1020 g/mol. The second kappa shape index (κ2) is 32.0. The zero-order valence-electron chi connectivity index (χ0n) is 50.0.